The van der Waals surface area contributed by atoms with Gasteiger partial charge in [-0.3, -0.25) is 9.69 Å². The van der Waals surface area contributed by atoms with Crippen LogP contribution in [0.4, 0.5) is 11.8 Å². The highest BCUT2D eigenvalue weighted by Gasteiger charge is 2.34. The smallest absolute Gasteiger partial charge is 0.228 e. The summed E-state index contributed by atoms with van der Waals surface area (Å²) in [5, 5.41) is 0. The van der Waals surface area contributed by atoms with Gasteiger partial charge in [0.2, 0.25) is 11.9 Å². The van der Waals surface area contributed by atoms with Crippen molar-refractivity contribution in [3.63, 3.8) is 0 Å². The summed E-state index contributed by atoms with van der Waals surface area (Å²) in [4.78, 5) is 35.6. The van der Waals surface area contributed by atoms with E-state index < -0.39 is 0 Å². The minimum atomic E-state index is -0.00783. The molecule has 164 valence electrons. The Morgan fingerprint density at radius 2 is 1.91 bits per heavy atom. The third-order valence-corrected chi connectivity index (χ3v) is 6.24. The lowest BCUT2D eigenvalue weighted by molar-refractivity contribution is -0.119. The summed E-state index contributed by atoms with van der Waals surface area (Å²) in [6.07, 6.45) is 6.58. The van der Waals surface area contributed by atoms with Crippen molar-refractivity contribution >= 4 is 17.7 Å². The molecule has 0 bridgehead atoms. The Balaban J connectivity index is 1.53. The molecule has 4 heterocycles. The second-order valence-electron chi connectivity index (χ2n) is 8.16. The van der Waals surface area contributed by atoms with E-state index in [0.29, 0.717) is 25.3 Å². The average Bonchev–Trinajstić information content (AvgIpc) is 3.32. The molecule has 32 heavy (non-hydrogen) atoms. The number of carbonyl (C=O) groups excluding carboxylic acids is 1. The number of hydrogen-bond donors (Lipinski definition) is 0. The van der Waals surface area contributed by atoms with Crippen LogP contribution in [-0.2, 0) is 17.8 Å². The standard InChI is InChI=1S/C24H26N6O2/c1-16-18-10-11-21(31)30(15-17-7-3-4-9-20(17)32-2)23(18)28-22(27-16)19-8-5-14-29(19)24-25-12-6-13-26-24/h3-4,6-7,9,12-13,19H,5,8,10-11,14-15H2,1-2H3/t19-/m0/s1. The topological polar surface area (TPSA) is 84.3 Å². The van der Waals surface area contributed by atoms with Crippen LogP contribution in [0.3, 0.4) is 0 Å². The fourth-order valence-electron chi connectivity index (χ4n) is 4.63. The Bertz CT molecular complexity index is 1140. The van der Waals surface area contributed by atoms with Gasteiger partial charge in [0.25, 0.3) is 0 Å². The highest BCUT2D eigenvalue weighted by Crippen LogP contribution is 2.36. The van der Waals surface area contributed by atoms with Crippen molar-refractivity contribution in [3.8, 4) is 5.75 Å². The average molecular weight is 431 g/mol. The molecule has 1 atom stereocenters. The van der Waals surface area contributed by atoms with Crippen molar-refractivity contribution in [2.75, 3.05) is 23.5 Å². The summed E-state index contributed by atoms with van der Waals surface area (Å²) < 4.78 is 5.51. The largest absolute Gasteiger partial charge is 0.496 e. The first-order valence-electron chi connectivity index (χ1n) is 11.0. The molecule has 0 unspecified atom stereocenters. The predicted molar refractivity (Wildman–Crippen MR) is 121 cm³/mol. The summed E-state index contributed by atoms with van der Waals surface area (Å²) >= 11 is 0. The molecule has 0 saturated carbocycles. The number of methoxy groups -OCH3 is 1. The van der Waals surface area contributed by atoms with Gasteiger partial charge in [-0.2, -0.15) is 0 Å². The number of aromatic nitrogens is 4. The molecule has 8 nitrogen and oxygen atoms in total. The molecule has 2 aliphatic rings. The molecular formula is C24H26N6O2. The maximum atomic E-state index is 13.0. The number of anilines is 2. The zero-order chi connectivity index (χ0) is 22.1. The fraction of sp³-hybridized carbons (Fsp3) is 0.375. The van der Waals surface area contributed by atoms with Crippen LogP contribution in [0.5, 0.6) is 5.75 Å². The van der Waals surface area contributed by atoms with E-state index in [0.717, 1.165) is 53.6 Å². The number of carbonyl (C=O) groups is 1. The number of benzene rings is 1. The molecule has 3 aromatic rings. The fourth-order valence-corrected chi connectivity index (χ4v) is 4.63. The van der Waals surface area contributed by atoms with E-state index in [4.69, 9.17) is 14.7 Å². The lowest BCUT2D eigenvalue weighted by Crippen LogP contribution is -2.37. The van der Waals surface area contributed by atoms with Gasteiger partial charge in [0.1, 0.15) is 11.6 Å². The highest BCUT2D eigenvalue weighted by molar-refractivity contribution is 5.95. The molecule has 2 aliphatic heterocycles. The van der Waals surface area contributed by atoms with Crippen molar-refractivity contribution in [1.82, 2.24) is 19.9 Å². The number of amides is 1. The van der Waals surface area contributed by atoms with Gasteiger partial charge in [-0.15, -0.1) is 0 Å². The van der Waals surface area contributed by atoms with Crippen molar-refractivity contribution < 1.29 is 9.53 Å². The second kappa shape index (κ2) is 8.53. The van der Waals surface area contributed by atoms with E-state index in [2.05, 4.69) is 14.9 Å². The zero-order valence-corrected chi connectivity index (χ0v) is 18.4. The monoisotopic (exact) mass is 430 g/mol. The third kappa shape index (κ3) is 3.66. The number of ether oxygens (including phenoxy) is 1. The lowest BCUT2D eigenvalue weighted by atomic mass is 10.0. The summed E-state index contributed by atoms with van der Waals surface area (Å²) in [6, 6.07) is 9.60. The summed E-state index contributed by atoms with van der Waals surface area (Å²) in [7, 11) is 1.65. The molecule has 8 heteroatoms. The number of aryl methyl sites for hydroxylation is 1. The van der Waals surface area contributed by atoms with Crippen molar-refractivity contribution in [1.29, 1.82) is 0 Å². The van der Waals surface area contributed by atoms with Crippen LogP contribution < -0.4 is 14.5 Å². The van der Waals surface area contributed by atoms with E-state index >= 15 is 0 Å². The first kappa shape index (κ1) is 20.4. The molecule has 1 fully saturated rings. The van der Waals surface area contributed by atoms with Crippen LogP contribution in [0, 0.1) is 6.92 Å². The minimum absolute atomic E-state index is 0.00783. The molecule has 1 saturated heterocycles. The van der Waals surface area contributed by atoms with Gasteiger partial charge in [0.05, 0.1) is 19.7 Å². The molecule has 0 aliphatic carbocycles. The van der Waals surface area contributed by atoms with Crippen LogP contribution in [-0.4, -0.2) is 39.5 Å². The van der Waals surface area contributed by atoms with E-state index in [9.17, 15) is 4.79 Å². The number of nitrogens with zero attached hydrogens (tertiary/aromatic N) is 6. The predicted octanol–water partition coefficient (Wildman–Crippen LogP) is 3.40. The molecular weight excluding hydrogens is 404 g/mol. The molecule has 2 aromatic heterocycles. The van der Waals surface area contributed by atoms with Crippen molar-refractivity contribution in [2.45, 2.75) is 45.2 Å². The number of para-hydroxylation sites is 1. The number of fused-ring (bicyclic) bond motifs is 1. The van der Waals surface area contributed by atoms with Crippen LogP contribution >= 0.6 is 0 Å². The summed E-state index contributed by atoms with van der Waals surface area (Å²) in [5.74, 6) is 2.97. The van der Waals surface area contributed by atoms with E-state index in [1.807, 2.05) is 37.3 Å². The van der Waals surface area contributed by atoms with Crippen LogP contribution in [0.25, 0.3) is 0 Å². The second-order valence-corrected chi connectivity index (χ2v) is 8.16. The van der Waals surface area contributed by atoms with Gasteiger partial charge in [-0.25, -0.2) is 19.9 Å². The molecule has 0 N–H and O–H groups in total. The van der Waals surface area contributed by atoms with Crippen LogP contribution in [0.15, 0.2) is 42.7 Å². The van der Waals surface area contributed by atoms with E-state index in [1.165, 1.54) is 0 Å². The first-order chi connectivity index (χ1) is 15.7. The van der Waals surface area contributed by atoms with Crippen LogP contribution in [0.1, 0.15) is 47.9 Å². The maximum Gasteiger partial charge on any atom is 0.228 e. The highest BCUT2D eigenvalue weighted by atomic mass is 16.5. The quantitative estimate of drug-likeness (QED) is 0.613. The van der Waals surface area contributed by atoms with Gasteiger partial charge in [-0.05, 0) is 38.3 Å². The Hall–Kier alpha value is -3.55. The number of rotatable bonds is 5. The normalized spacial score (nSPS) is 18.1. The van der Waals surface area contributed by atoms with Gasteiger partial charge < -0.3 is 9.64 Å². The molecule has 5 rings (SSSR count). The zero-order valence-electron chi connectivity index (χ0n) is 18.4. The van der Waals surface area contributed by atoms with Gasteiger partial charge in [0, 0.05) is 42.2 Å². The van der Waals surface area contributed by atoms with Gasteiger partial charge in [-0.1, -0.05) is 18.2 Å². The van der Waals surface area contributed by atoms with Crippen molar-refractivity contribution in [2.24, 2.45) is 0 Å². The maximum absolute atomic E-state index is 13.0. The van der Waals surface area contributed by atoms with Crippen LogP contribution in [0.2, 0.25) is 0 Å². The SMILES string of the molecule is COc1ccccc1CN1C(=O)CCc2c(C)nc([C@@H]3CCCN3c3ncccn3)nc21. The molecule has 0 radical (unpaired) electrons. The van der Waals surface area contributed by atoms with E-state index in [-0.39, 0.29) is 11.9 Å². The van der Waals surface area contributed by atoms with Gasteiger partial charge >= 0.3 is 0 Å². The molecule has 0 spiro atoms. The van der Waals surface area contributed by atoms with Crippen molar-refractivity contribution in [3.05, 3.63) is 65.4 Å². The lowest BCUT2D eigenvalue weighted by Gasteiger charge is -2.31. The number of hydrogen-bond acceptors (Lipinski definition) is 7. The Labute approximate surface area is 187 Å². The summed E-state index contributed by atoms with van der Waals surface area (Å²) in [5.41, 5.74) is 2.93. The summed E-state index contributed by atoms with van der Waals surface area (Å²) in [6.45, 7) is 3.29. The Morgan fingerprint density at radius 1 is 1.09 bits per heavy atom. The van der Waals surface area contributed by atoms with E-state index in [1.54, 1.807) is 24.4 Å². The minimum Gasteiger partial charge on any atom is -0.496 e. The Kier molecular flexibility index (Phi) is 5.43. The van der Waals surface area contributed by atoms with Gasteiger partial charge in [0.15, 0.2) is 5.82 Å². The third-order valence-electron chi connectivity index (χ3n) is 6.24. The molecule has 1 aromatic carbocycles. The first-order valence-corrected chi connectivity index (χ1v) is 11.0. The Morgan fingerprint density at radius 3 is 2.72 bits per heavy atom. The molecule has 1 amide bonds.